The van der Waals surface area contributed by atoms with Gasteiger partial charge in [-0.1, -0.05) is 13.8 Å². The van der Waals surface area contributed by atoms with Crippen molar-refractivity contribution in [1.29, 1.82) is 0 Å². The fraction of sp³-hybridized carbons (Fsp3) is 0.857. The van der Waals surface area contributed by atoms with E-state index in [0.717, 1.165) is 12.8 Å². The number of morpholine rings is 1. The summed E-state index contributed by atoms with van der Waals surface area (Å²) in [5.74, 6) is -1.14. The molecule has 0 bridgehead atoms. The van der Waals surface area contributed by atoms with Crippen LogP contribution in [0.25, 0.3) is 0 Å². The molecule has 3 rings (SSSR count). The molecule has 1 heterocycles. The van der Waals surface area contributed by atoms with Gasteiger partial charge < -0.3 is 14.7 Å². The summed E-state index contributed by atoms with van der Waals surface area (Å²) < 4.78 is 5.48. The maximum absolute atomic E-state index is 12.6. The van der Waals surface area contributed by atoms with Crippen molar-refractivity contribution >= 4 is 11.9 Å². The van der Waals surface area contributed by atoms with E-state index in [1.54, 1.807) is 0 Å². The van der Waals surface area contributed by atoms with Gasteiger partial charge in [0.15, 0.2) is 0 Å². The molecule has 0 aromatic heterocycles. The van der Waals surface area contributed by atoms with Crippen molar-refractivity contribution in [3.05, 3.63) is 0 Å². The van der Waals surface area contributed by atoms with Gasteiger partial charge in [0, 0.05) is 6.54 Å². The predicted octanol–water partition coefficient (Wildman–Crippen LogP) is 0.981. The van der Waals surface area contributed by atoms with Crippen molar-refractivity contribution in [3.8, 4) is 0 Å². The molecule has 19 heavy (non-hydrogen) atoms. The highest BCUT2D eigenvalue weighted by Crippen LogP contribution is 2.59. The van der Waals surface area contributed by atoms with Crippen molar-refractivity contribution in [3.63, 3.8) is 0 Å². The lowest BCUT2D eigenvalue weighted by Crippen LogP contribution is -2.51. The second kappa shape index (κ2) is 4.20. The van der Waals surface area contributed by atoms with E-state index < -0.39 is 17.3 Å². The average Bonchev–Trinajstić information content (AvgIpc) is 3.23. The Balaban J connectivity index is 1.74. The Morgan fingerprint density at radius 2 is 1.95 bits per heavy atom. The molecule has 3 fully saturated rings. The number of carbonyl (C=O) groups excluding carboxylic acids is 1. The van der Waals surface area contributed by atoms with Gasteiger partial charge in [0.05, 0.1) is 31.1 Å². The summed E-state index contributed by atoms with van der Waals surface area (Å²) in [5, 5.41) is 9.20. The van der Waals surface area contributed by atoms with Crippen molar-refractivity contribution in [2.24, 2.45) is 23.2 Å². The van der Waals surface area contributed by atoms with Gasteiger partial charge in [-0.25, -0.2) is 0 Å². The van der Waals surface area contributed by atoms with Gasteiger partial charge in [0.1, 0.15) is 0 Å². The maximum Gasteiger partial charge on any atom is 0.307 e. The summed E-state index contributed by atoms with van der Waals surface area (Å²) in [5.41, 5.74) is -0.407. The monoisotopic (exact) mass is 267 g/mol. The number of hydrogen-bond donors (Lipinski definition) is 1. The van der Waals surface area contributed by atoms with Crippen LogP contribution < -0.4 is 0 Å². The molecule has 1 aliphatic heterocycles. The number of nitrogens with zero attached hydrogens (tertiary/aromatic N) is 1. The van der Waals surface area contributed by atoms with Crippen LogP contribution in [0.3, 0.4) is 0 Å². The zero-order chi connectivity index (χ0) is 13.8. The fourth-order valence-corrected chi connectivity index (χ4v) is 3.51. The minimum atomic E-state index is -0.848. The number of carboxylic acids is 1. The molecule has 2 aliphatic carbocycles. The molecular weight excluding hydrogens is 246 g/mol. The van der Waals surface area contributed by atoms with Gasteiger partial charge in [-0.05, 0) is 24.2 Å². The summed E-state index contributed by atoms with van der Waals surface area (Å²) in [4.78, 5) is 25.7. The average molecular weight is 267 g/mol. The number of carboxylic acid groups (broad SMARTS) is 1. The molecular formula is C14H21NO4. The van der Waals surface area contributed by atoms with E-state index in [1.807, 2.05) is 18.7 Å². The molecule has 5 heteroatoms. The highest BCUT2D eigenvalue weighted by Gasteiger charge is 2.67. The molecule has 3 atom stereocenters. The summed E-state index contributed by atoms with van der Waals surface area (Å²) in [7, 11) is 0. The van der Waals surface area contributed by atoms with Crippen LogP contribution in [0.2, 0.25) is 0 Å². The summed E-state index contributed by atoms with van der Waals surface area (Å²) >= 11 is 0. The Kier molecular flexibility index (Phi) is 2.85. The lowest BCUT2D eigenvalue weighted by molar-refractivity contribution is -0.146. The summed E-state index contributed by atoms with van der Waals surface area (Å²) in [6, 6.07) is 0.173. The second-order valence-electron chi connectivity index (χ2n) is 6.63. The summed E-state index contributed by atoms with van der Waals surface area (Å²) in [6.45, 7) is 5.54. The highest BCUT2D eigenvalue weighted by atomic mass is 16.5. The zero-order valence-electron chi connectivity index (χ0n) is 11.5. The Labute approximate surface area is 112 Å². The maximum atomic E-state index is 12.6. The summed E-state index contributed by atoms with van der Waals surface area (Å²) in [6.07, 6.45) is 2.32. The predicted molar refractivity (Wildman–Crippen MR) is 67.4 cm³/mol. The van der Waals surface area contributed by atoms with Crippen molar-refractivity contribution in [1.82, 2.24) is 4.90 Å². The van der Waals surface area contributed by atoms with Crippen LogP contribution in [0, 0.1) is 23.2 Å². The van der Waals surface area contributed by atoms with E-state index in [9.17, 15) is 14.7 Å². The number of hydrogen-bond acceptors (Lipinski definition) is 3. The molecule has 0 spiro atoms. The van der Waals surface area contributed by atoms with Gasteiger partial charge in [-0.3, -0.25) is 9.59 Å². The van der Waals surface area contributed by atoms with Crippen LogP contribution in [0.15, 0.2) is 0 Å². The molecule has 1 saturated heterocycles. The first kappa shape index (κ1) is 12.9. The molecule has 106 valence electrons. The third-order valence-electron chi connectivity index (χ3n) is 4.97. The van der Waals surface area contributed by atoms with Crippen molar-refractivity contribution in [2.45, 2.75) is 32.7 Å². The lowest BCUT2D eigenvalue weighted by Gasteiger charge is -2.36. The normalized spacial score (nSPS) is 36.9. The number of rotatable bonds is 3. The Morgan fingerprint density at radius 3 is 2.47 bits per heavy atom. The number of aliphatic carboxylic acids is 1. The van der Waals surface area contributed by atoms with Crippen LogP contribution in [-0.2, 0) is 14.3 Å². The van der Waals surface area contributed by atoms with Crippen LogP contribution in [0.4, 0.5) is 0 Å². The molecule has 1 unspecified atom stereocenters. The standard InChI is InChI=1S/C14H21NO4/c1-14(2)10(11(14)13(17)18)12(16)15-5-6-19-7-9(15)8-3-4-8/h8-11H,3-7H2,1-2H3,(H,17,18)/t9?,10-,11+/m1/s1. The first-order chi connectivity index (χ1) is 8.94. The number of carbonyl (C=O) groups is 2. The first-order valence-electron chi connectivity index (χ1n) is 7.05. The van der Waals surface area contributed by atoms with Crippen LogP contribution >= 0.6 is 0 Å². The van der Waals surface area contributed by atoms with Gasteiger partial charge in [0.2, 0.25) is 5.91 Å². The molecule has 2 saturated carbocycles. The van der Waals surface area contributed by atoms with E-state index in [1.165, 1.54) is 0 Å². The SMILES string of the molecule is CC1(C)[C@H](C(=O)O)[C@@H]1C(=O)N1CCOCC1C1CC1. The minimum absolute atomic E-state index is 0.0256. The van der Waals surface area contributed by atoms with E-state index >= 15 is 0 Å². The Bertz CT molecular complexity index is 416. The smallest absolute Gasteiger partial charge is 0.307 e. The van der Waals surface area contributed by atoms with E-state index in [4.69, 9.17) is 4.74 Å². The van der Waals surface area contributed by atoms with E-state index in [2.05, 4.69) is 0 Å². The van der Waals surface area contributed by atoms with Crippen molar-refractivity contribution < 1.29 is 19.4 Å². The third kappa shape index (κ3) is 2.04. The van der Waals surface area contributed by atoms with Crippen LogP contribution in [0.5, 0.6) is 0 Å². The van der Waals surface area contributed by atoms with Crippen LogP contribution in [0.1, 0.15) is 26.7 Å². The van der Waals surface area contributed by atoms with E-state index in [0.29, 0.717) is 25.7 Å². The van der Waals surface area contributed by atoms with Gasteiger partial charge >= 0.3 is 5.97 Å². The van der Waals surface area contributed by atoms with Gasteiger partial charge in [-0.15, -0.1) is 0 Å². The Morgan fingerprint density at radius 1 is 1.26 bits per heavy atom. The molecule has 0 aromatic carbocycles. The molecule has 0 aromatic rings. The minimum Gasteiger partial charge on any atom is -0.481 e. The van der Waals surface area contributed by atoms with Crippen LogP contribution in [-0.4, -0.2) is 47.7 Å². The molecule has 5 nitrogen and oxygen atoms in total. The third-order valence-corrected chi connectivity index (χ3v) is 4.97. The molecule has 1 N–H and O–H groups in total. The zero-order valence-corrected chi connectivity index (χ0v) is 11.5. The van der Waals surface area contributed by atoms with Gasteiger partial charge in [0.25, 0.3) is 0 Å². The first-order valence-corrected chi connectivity index (χ1v) is 7.05. The lowest BCUT2D eigenvalue weighted by atomic mass is 10.1. The highest BCUT2D eigenvalue weighted by molar-refractivity contribution is 5.92. The molecule has 0 radical (unpaired) electrons. The Hall–Kier alpha value is -1.10. The quantitative estimate of drug-likeness (QED) is 0.827. The largest absolute Gasteiger partial charge is 0.481 e. The molecule has 1 amide bonds. The van der Waals surface area contributed by atoms with Crippen molar-refractivity contribution in [2.75, 3.05) is 19.8 Å². The topological polar surface area (TPSA) is 66.8 Å². The molecule has 3 aliphatic rings. The fourth-order valence-electron chi connectivity index (χ4n) is 3.51. The second-order valence-corrected chi connectivity index (χ2v) is 6.63. The number of amides is 1. The number of ether oxygens (including phenoxy) is 1. The van der Waals surface area contributed by atoms with E-state index in [-0.39, 0.29) is 17.9 Å². The van der Waals surface area contributed by atoms with Gasteiger partial charge in [-0.2, -0.15) is 0 Å².